The molecule has 32 heavy (non-hydrogen) atoms. The van der Waals surface area contributed by atoms with Crippen molar-refractivity contribution in [1.82, 2.24) is 0 Å². The maximum atomic E-state index is 12.9. The molecule has 0 spiro atoms. The molecule has 1 amide bonds. The number of anilines is 1. The van der Waals surface area contributed by atoms with E-state index in [-0.39, 0.29) is 22.8 Å². The molecule has 0 fully saturated rings. The van der Waals surface area contributed by atoms with E-state index in [2.05, 4.69) is 10.1 Å². The Balaban J connectivity index is 1.90. The number of rotatable bonds is 8. The van der Waals surface area contributed by atoms with Gasteiger partial charge in [-0.2, -0.15) is 8.78 Å². The lowest BCUT2D eigenvalue weighted by Crippen LogP contribution is -2.14. The zero-order chi connectivity index (χ0) is 23.4. The summed E-state index contributed by atoms with van der Waals surface area (Å²) in [5, 5.41) is 14.5. The number of methoxy groups -OCH3 is 1. The zero-order valence-corrected chi connectivity index (χ0v) is 18.1. The first kappa shape index (κ1) is 23.4. The molecule has 0 unspecified atom stereocenters. The van der Waals surface area contributed by atoms with Crippen LogP contribution in [0.4, 0.5) is 19.5 Å². The number of ether oxygens (including phenoxy) is 3. The fourth-order valence-electron chi connectivity index (χ4n) is 3.47. The number of alkyl halides is 2. The first-order valence-electron chi connectivity index (χ1n) is 9.60. The monoisotopic (exact) mass is 470 g/mol. The van der Waals surface area contributed by atoms with Crippen molar-refractivity contribution in [2.45, 2.75) is 45.8 Å². The number of benzene rings is 1. The van der Waals surface area contributed by atoms with E-state index in [0.717, 1.165) is 41.8 Å². The van der Waals surface area contributed by atoms with Gasteiger partial charge in [-0.05, 0) is 37.3 Å². The number of carbonyl (C=O) groups excluding carboxylic acids is 2. The number of amides is 1. The first-order valence-corrected chi connectivity index (χ1v) is 10.4. The van der Waals surface area contributed by atoms with Crippen LogP contribution in [0.3, 0.4) is 0 Å². The number of hydrogen-bond donors (Lipinski definition) is 1. The molecule has 2 aromatic rings. The third-order valence-electron chi connectivity index (χ3n) is 4.80. The minimum atomic E-state index is -3.20. The Morgan fingerprint density at radius 3 is 2.59 bits per heavy atom. The third-order valence-corrected chi connectivity index (χ3v) is 6.01. The van der Waals surface area contributed by atoms with Crippen molar-refractivity contribution in [3.05, 3.63) is 43.8 Å². The molecule has 12 heteroatoms. The molecule has 3 rings (SSSR count). The highest BCUT2D eigenvalue weighted by atomic mass is 32.1. The van der Waals surface area contributed by atoms with Crippen molar-refractivity contribution in [3.63, 3.8) is 0 Å². The summed E-state index contributed by atoms with van der Waals surface area (Å²) < 4.78 is 39.8. The second-order valence-corrected chi connectivity index (χ2v) is 8.04. The standard InChI is InChI=1S/C20H20F2N2O7S/c1-10(25)23-18-17(12-5-3-4-6-16(12)32-18)19(26)30-9-11-7-14(29-2)15(31-20(21)22)8-13(11)24(27)28/h7-8,20H,3-6,9H2,1-2H3,(H,23,25). The van der Waals surface area contributed by atoms with Crippen LogP contribution >= 0.6 is 11.3 Å². The van der Waals surface area contributed by atoms with E-state index in [1.165, 1.54) is 25.4 Å². The van der Waals surface area contributed by atoms with Gasteiger partial charge in [0.2, 0.25) is 5.91 Å². The van der Waals surface area contributed by atoms with Gasteiger partial charge in [0.25, 0.3) is 5.69 Å². The SMILES string of the molecule is COc1cc(COC(=O)c2c(NC(C)=O)sc3c2CCCC3)c([N+](=O)[O-])cc1OC(F)F. The average Bonchev–Trinajstić information content (AvgIpc) is 3.08. The van der Waals surface area contributed by atoms with Gasteiger partial charge < -0.3 is 19.5 Å². The maximum Gasteiger partial charge on any atom is 0.387 e. The van der Waals surface area contributed by atoms with E-state index < -0.39 is 35.5 Å². The Morgan fingerprint density at radius 2 is 1.97 bits per heavy atom. The molecule has 1 aliphatic carbocycles. The number of hydrogen-bond acceptors (Lipinski definition) is 8. The molecule has 0 radical (unpaired) electrons. The molecule has 1 aromatic carbocycles. The van der Waals surface area contributed by atoms with Crippen LogP contribution in [0.1, 0.15) is 46.1 Å². The summed E-state index contributed by atoms with van der Waals surface area (Å²) in [7, 11) is 1.19. The molecule has 0 atom stereocenters. The minimum absolute atomic E-state index is 0.0630. The molecule has 1 aromatic heterocycles. The highest BCUT2D eigenvalue weighted by molar-refractivity contribution is 7.17. The Kier molecular flexibility index (Phi) is 7.23. The Hall–Kier alpha value is -3.28. The molecular weight excluding hydrogens is 450 g/mol. The van der Waals surface area contributed by atoms with Crippen molar-refractivity contribution >= 4 is 33.9 Å². The van der Waals surface area contributed by atoms with Crippen LogP contribution in [0, 0.1) is 10.1 Å². The zero-order valence-electron chi connectivity index (χ0n) is 17.2. The topological polar surface area (TPSA) is 117 Å². The lowest BCUT2D eigenvalue weighted by atomic mass is 9.95. The summed E-state index contributed by atoms with van der Waals surface area (Å²) in [4.78, 5) is 36.1. The van der Waals surface area contributed by atoms with Crippen LogP contribution in [-0.2, 0) is 29.0 Å². The van der Waals surface area contributed by atoms with Crippen LogP contribution in [-0.4, -0.2) is 30.5 Å². The van der Waals surface area contributed by atoms with Crippen molar-refractivity contribution in [2.24, 2.45) is 0 Å². The number of nitro groups is 1. The number of nitrogens with zero attached hydrogens (tertiary/aromatic N) is 1. The van der Waals surface area contributed by atoms with E-state index >= 15 is 0 Å². The predicted octanol–water partition coefficient (Wildman–Crippen LogP) is 4.46. The summed E-state index contributed by atoms with van der Waals surface area (Å²) in [5.74, 6) is -1.76. The molecule has 0 saturated heterocycles. The number of nitro benzene ring substituents is 1. The third kappa shape index (κ3) is 5.13. The van der Waals surface area contributed by atoms with E-state index in [1.54, 1.807) is 0 Å². The van der Waals surface area contributed by atoms with Crippen molar-refractivity contribution in [3.8, 4) is 11.5 Å². The van der Waals surface area contributed by atoms with Gasteiger partial charge in [-0.15, -0.1) is 11.3 Å². The van der Waals surface area contributed by atoms with Crippen LogP contribution in [0.15, 0.2) is 12.1 Å². The highest BCUT2D eigenvalue weighted by Crippen LogP contribution is 2.39. The Bertz CT molecular complexity index is 1060. The lowest BCUT2D eigenvalue weighted by Gasteiger charge is -2.14. The smallest absolute Gasteiger partial charge is 0.387 e. The Labute approximate surface area is 185 Å². The predicted molar refractivity (Wildman–Crippen MR) is 111 cm³/mol. The molecule has 0 aliphatic heterocycles. The summed E-state index contributed by atoms with van der Waals surface area (Å²) in [6.45, 7) is -2.39. The maximum absolute atomic E-state index is 12.9. The van der Waals surface area contributed by atoms with Crippen LogP contribution in [0.2, 0.25) is 0 Å². The van der Waals surface area contributed by atoms with Crippen molar-refractivity contribution in [1.29, 1.82) is 0 Å². The van der Waals surface area contributed by atoms with Crippen LogP contribution in [0.25, 0.3) is 0 Å². The fraction of sp³-hybridized carbons (Fsp3) is 0.400. The van der Waals surface area contributed by atoms with E-state index in [4.69, 9.17) is 9.47 Å². The number of esters is 1. The molecule has 1 aliphatic rings. The Morgan fingerprint density at radius 1 is 1.25 bits per heavy atom. The number of thiophene rings is 1. The average molecular weight is 470 g/mol. The highest BCUT2D eigenvalue weighted by Gasteiger charge is 2.28. The van der Waals surface area contributed by atoms with Crippen molar-refractivity contribution in [2.75, 3.05) is 12.4 Å². The van der Waals surface area contributed by atoms with E-state index in [0.29, 0.717) is 11.4 Å². The largest absolute Gasteiger partial charge is 0.493 e. The fourth-order valence-corrected chi connectivity index (χ4v) is 4.79. The molecule has 172 valence electrons. The van der Waals surface area contributed by atoms with Gasteiger partial charge >= 0.3 is 12.6 Å². The van der Waals surface area contributed by atoms with Gasteiger partial charge in [-0.3, -0.25) is 14.9 Å². The van der Waals surface area contributed by atoms with Crippen molar-refractivity contribution < 1.29 is 37.5 Å². The van der Waals surface area contributed by atoms with Gasteiger partial charge in [0.15, 0.2) is 11.5 Å². The van der Waals surface area contributed by atoms with Gasteiger partial charge in [0.1, 0.15) is 11.6 Å². The first-order chi connectivity index (χ1) is 15.2. The molecule has 1 heterocycles. The van der Waals surface area contributed by atoms with E-state index in [9.17, 15) is 28.5 Å². The molecular formula is C20H20F2N2O7S. The van der Waals surface area contributed by atoms with Crippen LogP contribution < -0.4 is 14.8 Å². The summed E-state index contributed by atoms with van der Waals surface area (Å²) in [6, 6.07) is 1.91. The molecule has 0 saturated carbocycles. The summed E-state index contributed by atoms with van der Waals surface area (Å²) in [5.41, 5.74) is 0.422. The number of aryl methyl sites for hydroxylation is 1. The molecule has 9 nitrogen and oxygen atoms in total. The van der Waals surface area contributed by atoms with Gasteiger partial charge in [0.05, 0.1) is 29.2 Å². The number of carbonyl (C=O) groups is 2. The lowest BCUT2D eigenvalue weighted by molar-refractivity contribution is -0.386. The normalized spacial score (nSPS) is 12.8. The van der Waals surface area contributed by atoms with Gasteiger partial charge in [0, 0.05) is 11.8 Å². The summed E-state index contributed by atoms with van der Waals surface area (Å²) in [6.07, 6.45) is 3.30. The number of nitrogens with one attached hydrogen (secondary N) is 1. The van der Waals surface area contributed by atoms with Gasteiger partial charge in [-0.1, -0.05) is 0 Å². The number of halogens is 2. The van der Waals surface area contributed by atoms with Crippen LogP contribution in [0.5, 0.6) is 11.5 Å². The second-order valence-electron chi connectivity index (χ2n) is 6.94. The van der Waals surface area contributed by atoms with E-state index in [1.807, 2.05) is 0 Å². The van der Waals surface area contributed by atoms with Gasteiger partial charge in [-0.25, -0.2) is 4.79 Å². The quantitative estimate of drug-likeness (QED) is 0.344. The molecule has 0 bridgehead atoms. The second kappa shape index (κ2) is 9.90. The minimum Gasteiger partial charge on any atom is -0.493 e. The molecule has 1 N–H and O–H groups in total. The summed E-state index contributed by atoms with van der Waals surface area (Å²) >= 11 is 1.31. The number of fused-ring (bicyclic) bond motifs is 1.